The summed E-state index contributed by atoms with van der Waals surface area (Å²) >= 11 is 7.49. The number of aromatic nitrogens is 3. The predicted molar refractivity (Wildman–Crippen MR) is 270 cm³/mol. The molecule has 5 fully saturated rings. The van der Waals surface area contributed by atoms with Crippen molar-refractivity contribution in [3.63, 3.8) is 0 Å². The second-order valence-corrected chi connectivity index (χ2v) is 23.1. The molecule has 0 bridgehead atoms. The van der Waals surface area contributed by atoms with E-state index < -0.39 is 32.6 Å². The topological polar surface area (TPSA) is 193 Å². The van der Waals surface area contributed by atoms with E-state index in [1.807, 2.05) is 26.8 Å². The smallest absolute Gasteiger partial charge is 0.266 e. The zero-order valence-electron chi connectivity index (χ0n) is 40.6. The summed E-state index contributed by atoms with van der Waals surface area (Å²) < 4.78 is 57.7. The minimum atomic E-state index is -4.32. The highest BCUT2D eigenvalue weighted by Gasteiger charge is 2.47. The number of amides is 4. The third-order valence-electron chi connectivity index (χ3n) is 15.8. The highest BCUT2D eigenvalue weighted by atomic mass is 35.5. The number of anilines is 4. The van der Waals surface area contributed by atoms with E-state index in [9.17, 15) is 32.0 Å². The molecule has 0 unspecified atom stereocenters. The number of carbonyl (C=O) groups excluding carboxylic acids is 4. The molecule has 1 spiro atoms. The molecule has 72 heavy (non-hydrogen) atoms. The molecule has 1 aromatic carbocycles. The molecule has 22 heteroatoms. The number of likely N-dealkylation sites (N-methyl/N-ethyl adjacent to an activating group) is 1. The molecule has 6 heterocycles. The van der Waals surface area contributed by atoms with Crippen LogP contribution in [-0.2, 0) is 29.2 Å². The summed E-state index contributed by atoms with van der Waals surface area (Å²) in [6.45, 7) is 4.99. The van der Waals surface area contributed by atoms with E-state index in [2.05, 4.69) is 35.2 Å². The van der Waals surface area contributed by atoms with Crippen molar-refractivity contribution in [3.8, 4) is 0 Å². The van der Waals surface area contributed by atoms with Gasteiger partial charge in [-0.1, -0.05) is 17.7 Å². The lowest BCUT2D eigenvalue weighted by molar-refractivity contribution is -0.139. The quantitative estimate of drug-likeness (QED) is 0.114. The lowest BCUT2D eigenvalue weighted by Crippen LogP contribution is -2.52. The molecular formula is C50H62ClF2N11O6S2. The van der Waals surface area contributed by atoms with E-state index >= 15 is 4.39 Å². The Bertz CT molecular complexity index is 2710. The van der Waals surface area contributed by atoms with Gasteiger partial charge in [0.05, 0.1) is 40.2 Å². The molecule has 5 aliphatic rings. The summed E-state index contributed by atoms with van der Waals surface area (Å²) in [4.78, 5) is 74.7. The van der Waals surface area contributed by atoms with Crippen molar-refractivity contribution >= 4 is 78.8 Å². The van der Waals surface area contributed by atoms with Crippen LogP contribution < -0.4 is 20.3 Å². The van der Waals surface area contributed by atoms with Crippen molar-refractivity contribution in [1.29, 1.82) is 0 Å². The number of carbonyl (C=O) groups is 4. The molecule has 2 saturated carbocycles. The SMILES string of the molecule is CN(CCN1CCN(C(=O)C2CCC(NC(=O)C3CCC4(CC3)CCN(C(=O)[C@H]3CC(=O)N(C)[C@@H]3c3cccnc3)CC4)CC2)CC1)c1cc(F)ncc1Nc1cc(F)c(S(=O)(=O)Nc2nccs2)cc1Cl. The van der Waals surface area contributed by atoms with E-state index in [-0.39, 0.29) is 75.2 Å². The molecular weight excluding hydrogens is 988 g/mol. The van der Waals surface area contributed by atoms with Crippen LogP contribution in [-0.4, -0.2) is 139 Å². The number of pyridine rings is 2. The van der Waals surface area contributed by atoms with Gasteiger partial charge >= 0.3 is 0 Å². The molecule has 17 nitrogen and oxygen atoms in total. The van der Waals surface area contributed by atoms with Crippen LogP contribution in [0, 0.1) is 34.9 Å². The Hall–Kier alpha value is -5.51. The largest absolute Gasteiger partial charge is 0.371 e. The molecule has 0 radical (unpaired) electrons. The Morgan fingerprint density at radius 3 is 2.28 bits per heavy atom. The fourth-order valence-corrected chi connectivity index (χ4v) is 13.6. The Kier molecular flexibility index (Phi) is 15.6. The van der Waals surface area contributed by atoms with Gasteiger partial charge in [-0.2, -0.15) is 4.39 Å². The number of nitrogens with zero attached hydrogens (tertiary/aromatic N) is 8. The Labute approximate surface area is 428 Å². The van der Waals surface area contributed by atoms with E-state index in [1.54, 1.807) is 36.8 Å². The van der Waals surface area contributed by atoms with Gasteiger partial charge in [-0.3, -0.25) is 33.8 Å². The summed E-state index contributed by atoms with van der Waals surface area (Å²) in [5.74, 6) is -1.98. The molecule has 4 aromatic rings. The Balaban J connectivity index is 0.681. The third kappa shape index (κ3) is 11.5. The number of thiazole rings is 1. The maximum absolute atomic E-state index is 15.3. The van der Waals surface area contributed by atoms with Crippen LogP contribution in [0.3, 0.4) is 0 Å². The van der Waals surface area contributed by atoms with Crippen molar-refractivity contribution in [3.05, 3.63) is 82.9 Å². The maximum Gasteiger partial charge on any atom is 0.266 e. The average Bonchev–Trinajstić information content (AvgIpc) is 4.01. The number of nitrogens with one attached hydrogen (secondary N) is 3. The van der Waals surface area contributed by atoms with Gasteiger partial charge in [0.2, 0.25) is 29.6 Å². The molecule has 3 N–H and O–H groups in total. The van der Waals surface area contributed by atoms with Crippen LogP contribution in [0.25, 0.3) is 0 Å². The first-order valence-electron chi connectivity index (χ1n) is 24.9. The Morgan fingerprint density at radius 1 is 0.875 bits per heavy atom. The fraction of sp³-hybridized carbons (Fsp3) is 0.540. The van der Waals surface area contributed by atoms with Crippen LogP contribution in [0.4, 0.5) is 31.0 Å². The van der Waals surface area contributed by atoms with Gasteiger partial charge in [0.15, 0.2) is 5.13 Å². The van der Waals surface area contributed by atoms with Crippen LogP contribution in [0.15, 0.2) is 65.4 Å². The number of likely N-dealkylation sites (tertiary alicyclic amines) is 2. The van der Waals surface area contributed by atoms with Gasteiger partial charge in [0.25, 0.3) is 10.0 Å². The minimum absolute atomic E-state index is 0.0224. The molecule has 4 amide bonds. The number of piperidine rings is 1. The highest BCUT2D eigenvalue weighted by molar-refractivity contribution is 7.93. The molecule has 2 atom stereocenters. The summed E-state index contributed by atoms with van der Waals surface area (Å²) in [5.41, 5.74) is 1.84. The number of hydrogen-bond donors (Lipinski definition) is 3. The standard InChI is InChI=1S/C50H62ClF2N11O6S2/c1-60(41-29-43(53)56-31-40(41)58-39-28-38(52)42(27-37(39)51)72(69,70)59-49-55-16-25-71-49)19-20-62-21-23-64(24-22-62)47(67)33-5-7-35(8-6-33)57-46(66)32-9-11-50(12-10-32)13-17-63(18-14-50)48(68)36-26-44(65)61(2)45(36)34-4-3-15-54-30-34/h3-4,15-16,25,27-33,35-36,45,58H,5-14,17-24,26H2,1-2H3,(H,55,59)(H,57,66)/t33?,35?,36-,45+/m0/s1. The van der Waals surface area contributed by atoms with Crippen molar-refractivity contribution < 1.29 is 36.4 Å². The van der Waals surface area contributed by atoms with Crippen molar-refractivity contribution in [1.82, 2.24) is 39.9 Å². The predicted octanol–water partition coefficient (Wildman–Crippen LogP) is 6.68. The van der Waals surface area contributed by atoms with Gasteiger partial charge in [-0.15, -0.1) is 11.3 Å². The number of piperazine rings is 1. The minimum Gasteiger partial charge on any atom is -0.371 e. The Morgan fingerprint density at radius 2 is 1.60 bits per heavy atom. The molecule has 3 aliphatic heterocycles. The van der Waals surface area contributed by atoms with Crippen LogP contribution in [0.1, 0.15) is 82.2 Å². The first-order valence-corrected chi connectivity index (χ1v) is 27.6. The fourth-order valence-electron chi connectivity index (χ4n) is 11.4. The lowest BCUT2D eigenvalue weighted by atomic mass is 9.65. The zero-order chi connectivity index (χ0) is 50.7. The number of halogens is 3. The average molecular weight is 1050 g/mol. The monoisotopic (exact) mass is 1050 g/mol. The van der Waals surface area contributed by atoms with E-state index in [0.717, 1.165) is 93.2 Å². The summed E-state index contributed by atoms with van der Waals surface area (Å²) in [6.07, 6.45) is 14.7. The van der Waals surface area contributed by atoms with E-state index in [4.69, 9.17) is 11.6 Å². The van der Waals surface area contributed by atoms with Gasteiger partial charge in [-0.05, 0) is 87.3 Å². The van der Waals surface area contributed by atoms with Crippen molar-refractivity contribution in [2.45, 2.75) is 87.6 Å². The number of sulfonamides is 1. The van der Waals surface area contributed by atoms with Crippen molar-refractivity contribution in [2.24, 2.45) is 23.2 Å². The van der Waals surface area contributed by atoms with Crippen LogP contribution >= 0.6 is 22.9 Å². The zero-order valence-corrected chi connectivity index (χ0v) is 43.0. The molecule has 3 saturated heterocycles. The van der Waals surface area contributed by atoms with Crippen LogP contribution in [0.5, 0.6) is 0 Å². The summed E-state index contributed by atoms with van der Waals surface area (Å²) in [7, 11) is -0.758. The van der Waals surface area contributed by atoms with Gasteiger partial charge in [-0.25, -0.2) is 22.8 Å². The van der Waals surface area contributed by atoms with E-state index in [1.165, 1.54) is 18.5 Å². The van der Waals surface area contributed by atoms with E-state index in [0.29, 0.717) is 63.7 Å². The van der Waals surface area contributed by atoms with Crippen molar-refractivity contribution in [2.75, 3.05) is 81.4 Å². The molecule has 386 valence electrons. The second kappa shape index (κ2) is 21.9. The highest BCUT2D eigenvalue weighted by Crippen LogP contribution is 2.48. The summed E-state index contributed by atoms with van der Waals surface area (Å²) in [5, 5.41) is 7.90. The number of rotatable bonds is 14. The second-order valence-electron chi connectivity index (χ2n) is 20.1. The number of hydrogen-bond acceptors (Lipinski definition) is 13. The first kappa shape index (κ1) is 51.4. The molecule has 2 aliphatic carbocycles. The van der Waals surface area contributed by atoms with Gasteiger partial charge < -0.3 is 30.2 Å². The van der Waals surface area contributed by atoms with Gasteiger partial charge in [0.1, 0.15) is 10.7 Å². The normalized spacial score (nSPS) is 23.0. The summed E-state index contributed by atoms with van der Waals surface area (Å²) in [6, 6.07) is 6.74. The molecule has 3 aromatic heterocycles. The number of benzene rings is 1. The van der Waals surface area contributed by atoms with Gasteiger partial charge in [0, 0.05) is 127 Å². The third-order valence-corrected chi connectivity index (χ3v) is 18.3. The van der Waals surface area contributed by atoms with Crippen LogP contribution in [0.2, 0.25) is 5.02 Å². The maximum atomic E-state index is 15.3. The first-order chi connectivity index (χ1) is 34.6. The molecule has 9 rings (SSSR count). The lowest BCUT2D eigenvalue weighted by Gasteiger charge is -2.46.